The molecular weight excluding hydrogens is 428 g/mol. The molecule has 0 saturated carbocycles. The van der Waals surface area contributed by atoms with Crippen LogP contribution in [-0.2, 0) is 11.2 Å². The molecule has 1 N–H and O–H groups in total. The molecule has 0 aliphatic carbocycles. The molecule has 184 valence electrons. The van der Waals surface area contributed by atoms with E-state index in [0.29, 0.717) is 18.4 Å². The molecule has 2 aromatic rings. The van der Waals surface area contributed by atoms with Crippen LogP contribution in [0.1, 0.15) is 60.9 Å². The zero-order valence-corrected chi connectivity index (χ0v) is 20.6. The van der Waals surface area contributed by atoms with Gasteiger partial charge in [0.1, 0.15) is 11.5 Å². The summed E-state index contributed by atoms with van der Waals surface area (Å²) in [5.41, 5.74) is 1.91. The summed E-state index contributed by atoms with van der Waals surface area (Å²) in [7, 11) is 3.28. The maximum absolute atomic E-state index is 12.7. The SMILES string of the molecule is COc1ccc(C[C@@H](CN2CCCC2)NC(=O)CCCCCC(=O)c2ccc(OC)cc2)cc1. The summed E-state index contributed by atoms with van der Waals surface area (Å²) in [5.74, 6) is 1.82. The van der Waals surface area contributed by atoms with Crippen molar-refractivity contribution in [3.8, 4) is 11.5 Å². The average Bonchev–Trinajstić information content (AvgIpc) is 3.37. The first-order valence-corrected chi connectivity index (χ1v) is 12.4. The fourth-order valence-corrected chi connectivity index (χ4v) is 4.45. The van der Waals surface area contributed by atoms with E-state index in [1.807, 2.05) is 24.3 Å². The average molecular weight is 467 g/mol. The Kier molecular flexibility index (Phi) is 10.4. The third kappa shape index (κ3) is 8.49. The van der Waals surface area contributed by atoms with Crippen LogP contribution in [0.2, 0.25) is 0 Å². The second-order valence-electron chi connectivity index (χ2n) is 9.04. The lowest BCUT2D eigenvalue weighted by Crippen LogP contribution is -2.44. The maximum Gasteiger partial charge on any atom is 0.220 e. The third-order valence-electron chi connectivity index (χ3n) is 6.40. The summed E-state index contributed by atoms with van der Waals surface area (Å²) in [5, 5.41) is 3.27. The molecule has 0 unspecified atom stereocenters. The van der Waals surface area contributed by atoms with Gasteiger partial charge in [0, 0.05) is 31.0 Å². The van der Waals surface area contributed by atoms with E-state index >= 15 is 0 Å². The van der Waals surface area contributed by atoms with Gasteiger partial charge in [-0.25, -0.2) is 0 Å². The largest absolute Gasteiger partial charge is 0.497 e. The Morgan fingerprint density at radius 2 is 1.44 bits per heavy atom. The smallest absolute Gasteiger partial charge is 0.220 e. The van der Waals surface area contributed by atoms with Crippen LogP contribution >= 0.6 is 0 Å². The minimum atomic E-state index is 0.0932. The van der Waals surface area contributed by atoms with Crippen molar-refractivity contribution in [1.29, 1.82) is 0 Å². The van der Waals surface area contributed by atoms with Gasteiger partial charge >= 0.3 is 0 Å². The van der Waals surface area contributed by atoms with Gasteiger partial charge in [0.05, 0.1) is 14.2 Å². The number of benzene rings is 2. The van der Waals surface area contributed by atoms with Crippen molar-refractivity contribution in [3.05, 3.63) is 59.7 Å². The summed E-state index contributed by atoms with van der Waals surface area (Å²) in [4.78, 5) is 27.4. The number of Topliss-reactive ketones (excluding diaryl/α,β-unsaturated/α-hetero) is 1. The topological polar surface area (TPSA) is 67.9 Å². The van der Waals surface area contributed by atoms with Gasteiger partial charge < -0.3 is 19.7 Å². The fraction of sp³-hybridized carbons (Fsp3) is 0.500. The third-order valence-corrected chi connectivity index (χ3v) is 6.40. The van der Waals surface area contributed by atoms with Crippen LogP contribution in [0.3, 0.4) is 0 Å². The number of ketones is 1. The molecular formula is C28H38N2O4. The van der Waals surface area contributed by atoms with Crippen molar-refractivity contribution in [2.45, 2.75) is 57.4 Å². The molecule has 2 aromatic carbocycles. The number of hydrogen-bond donors (Lipinski definition) is 1. The lowest BCUT2D eigenvalue weighted by molar-refractivity contribution is -0.122. The number of methoxy groups -OCH3 is 2. The molecule has 1 aliphatic heterocycles. The molecule has 1 heterocycles. The molecule has 1 atom stereocenters. The lowest BCUT2D eigenvalue weighted by atomic mass is 10.0. The van der Waals surface area contributed by atoms with Crippen LogP contribution < -0.4 is 14.8 Å². The van der Waals surface area contributed by atoms with Crippen LogP contribution in [0.5, 0.6) is 11.5 Å². The number of hydrogen-bond acceptors (Lipinski definition) is 5. The minimum Gasteiger partial charge on any atom is -0.497 e. The first-order chi connectivity index (χ1) is 16.6. The van der Waals surface area contributed by atoms with Crippen molar-refractivity contribution in [3.63, 3.8) is 0 Å². The monoisotopic (exact) mass is 466 g/mol. The summed E-state index contributed by atoms with van der Waals surface area (Å²) >= 11 is 0. The quantitative estimate of drug-likeness (QED) is 0.324. The Morgan fingerprint density at radius 3 is 2.06 bits per heavy atom. The summed E-state index contributed by atoms with van der Waals surface area (Å²) in [6.07, 6.45) is 6.73. The van der Waals surface area contributed by atoms with Gasteiger partial charge in [-0.15, -0.1) is 0 Å². The lowest BCUT2D eigenvalue weighted by Gasteiger charge is -2.25. The van der Waals surface area contributed by atoms with Gasteiger partial charge in [-0.2, -0.15) is 0 Å². The Labute approximate surface area is 203 Å². The van der Waals surface area contributed by atoms with E-state index in [1.165, 1.54) is 18.4 Å². The van der Waals surface area contributed by atoms with Crippen molar-refractivity contribution in [2.24, 2.45) is 0 Å². The number of carbonyl (C=O) groups excluding carboxylic acids is 2. The number of nitrogens with zero attached hydrogens (tertiary/aromatic N) is 1. The van der Waals surface area contributed by atoms with E-state index in [2.05, 4.69) is 22.3 Å². The van der Waals surface area contributed by atoms with Crippen molar-refractivity contribution >= 4 is 11.7 Å². The molecule has 1 fully saturated rings. The number of amides is 1. The molecule has 34 heavy (non-hydrogen) atoms. The van der Waals surface area contributed by atoms with Crippen LogP contribution in [0.4, 0.5) is 0 Å². The summed E-state index contributed by atoms with van der Waals surface area (Å²) in [6, 6.07) is 15.4. The Bertz CT molecular complexity index is 890. The molecule has 6 heteroatoms. The maximum atomic E-state index is 12.7. The van der Waals surface area contributed by atoms with Crippen LogP contribution in [0.15, 0.2) is 48.5 Å². The highest BCUT2D eigenvalue weighted by molar-refractivity contribution is 5.96. The van der Waals surface area contributed by atoms with E-state index in [1.54, 1.807) is 26.4 Å². The fourth-order valence-electron chi connectivity index (χ4n) is 4.45. The molecule has 6 nitrogen and oxygen atoms in total. The first-order valence-electron chi connectivity index (χ1n) is 12.4. The number of likely N-dealkylation sites (tertiary alicyclic amines) is 1. The highest BCUT2D eigenvalue weighted by atomic mass is 16.5. The first kappa shape index (κ1) is 25.8. The summed E-state index contributed by atoms with van der Waals surface area (Å²) in [6.45, 7) is 3.10. The van der Waals surface area contributed by atoms with Gasteiger partial charge in [-0.3, -0.25) is 9.59 Å². The number of nitrogens with one attached hydrogen (secondary N) is 1. The van der Waals surface area contributed by atoms with Crippen molar-refractivity contribution < 1.29 is 19.1 Å². The molecule has 3 rings (SSSR count). The van der Waals surface area contributed by atoms with Crippen molar-refractivity contribution in [1.82, 2.24) is 10.2 Å². The van der Waals surface area contributed by atoms with Crippen LogP contribution in [-0.4, -0.2) is 56.5 Å². The Balaban J connectivity index is 1.40. The van der Waals surface area contributed by atoms with Crippen molar-refractivity contribution in [2.75, 3.05) is 33.9 Å². The zero-order valence-electron chi connectivity index (χ0n) is 20.6. The minimum absolute atomic E-state index is 0.0932. The van der Waals surface area contributed by atoms with Gasteiger partial charge in [0.25, 0.3) is 0 Å². The second kappa shape index (κ2) is 13.8. The molecule has 1 aliphatic rings. The molecule has 0 spiro atoms. The predicted octanol–water partition coefficient (Wildman–Crippen LogP) is 4.66. The number of ether oxygens (including phenoxy) is 2. The normalized spacial score (nSPS) is 14.5. The van der Waals surface area contributed by atoms with Gasteiger partial charge in [-0.05, 0) is 87.2 Å². The molecule has 0 radical (unpaired) electrons. The Morgan fingerprint density at radius 1 is 0.853 bits per heavy atom. The van der Waals surface area contributed by atoms with E-state index in [-0.39, 0.29) is 17.7 Å². The molecule has 0 bridgehead atoms. The van der Waals surface area contributed by atoms with Gasteiger partial charge in [-0.1, -0.05) is 18.6 Å². The number of rotatable bonds is 14. The van der Waals surface area contributed by atoms with E-state index in [0.717, 1.165) is 56.8 Å². The zero-order chi connectivity index (χ0) is 24.2. The Hall–Kier alpha value is -2.86. The van der Waals surface area contributed by atoms with E-state index < -0.39 is 0 Å². The van der Waals surface area contributed by atoms with Gasteiger partial charge in [0.2, 0.25) is 5.91 Å². The van der Waals surface area contributed by atoms with E-state index in [9.17, 15) is 9.59 Å². The van der Waals surface area contributed by atoms with E-state index in [4.69, 9.17) is 9.47 Å². The highest BCUT2D eigenvalue weighted by Crippen LogP contribution is 2.16. The number of carbonyl (C=O) groups is 2. The van der Waals surface area contributed by atoms with Crippen LogP contribution in [0, 0.1) is 0 Å². The van der Waals surface area contributed by atoms with Gasteiger partial charge in [0.15, 0.2) is 5.78 Å². The molecule has 1 saturated heterocycles. The predicted molar refractivity (Wildman–Crippen MR) is 135 cm³/mol. The van der Waals surface area contributed by atoms with Crippen LogP contribution in [0.25, 0.3) is 0 Å². The highest BCUT2D eigenvalue weighted by Gasteiger charge is 2.19. The summed E-state index contributed by atoms with van der Waals surface area (Å²) < 4.78 is 10.4. The standard InChI is InChI=1S/C28H38N2O4/c1-33-25-14-10-22(11-15-25)20-24(21-30-18-6-7-19-30)29-28(32)9-5-3-4-8-27(31)23-12-16-26(34-2)17-13-23/h10-17,24H,3-9,18-21H2,1-2H3,(H,29,32)/t24-/m0/s1. The number of unbranched alkanes of at least 4 members (excludes halogenated alkanes) is 2. The molecule has 0 aromatic heterocycles. The molecule has 1 amide bonds. The second-order valence-corrected chi connectivity index (χ2v) is 9.04.